The first kappa shape index (κ1) is 36.9. The van der Waals surface area contributed by atoms with Crippen LogP contribution in [0.4, 0.5) is 10.5 Å². The highest BCUT2D eigenvalue weighted by Gasteiger charge is 2.42. The van der Waals surface area contributed by atoms with Gasteiger partial charge in [0, 0.05) is 24.1 Å². The van der Waals surface area contributed by atoms with Crippen molar-refractivity contribution in [2.75, 3.05) is 18.5 Å². The van der Waals surface area contributed by atoms with Gasteiger partial charge >= 0.3 is 6.09 Å². The van der Waals surface area contributed by atoms with Crippen molar-refractivity contribution < 1.29 is 33.7 Å². The van der Waals surface area contributed by atoms with Crippen molar-refractivity contribution in [2.45, 2.75) is 64.1 Å². The van der Waals surface area contributed by atoms with Crippen LogP contribution in [0.2, 0.25) is 0 Å². The first-order valence-electron chi connectivity index (χ1n) is 18.3. The van der Waals surface area contributed by atoms with Crippen molar-refractivity contribution in [1.82, 2.24) is 10.2 Å². The minimum atomic E-state index is -1.05. The Morgan fingerprint density at radius 1 is 0.870 bits per heavy atom. The molecule has 5 aromatic rings. The summed E-state index contributed by atoms with van der Waals surface area (Å²) in [6.45, 7) is 4.90. The monoisotopic (exact) mass is 727 g/mol. The number of carbonyl (C=O) groups excluding carboxylic acids is 3. The van der Waals surface area contributed by atoms with E-state index in [9.17, 15) is 19.5 Å². The van der Waals surface area contributed by atoms with Gasteiger partial charge in [0.2, 0.25) is 5.91 Å². The summed E-state index contributed by atoms with van der Waals surface area (Å²) in [4.78, 5) is 42.7. The molecule has 2 heterocycles. The normalized spacial score (nSPS) is 22.1. The Bertz CT molecular complexity index is 2110. The van der Waals surface area contributed by atoms with Gasteiger partial charge in [-0.2, -0.15) is 0 Å². The largest absolute Gasteiger partial charge is 0.445 e. The molecule has 0 aromatic heterocycles. The van der Waals surface area contributed by atoms with Crippen LogP contribution in [0.1, 0.15) is 66.5 Å². The van der Waals surface area contributed by atoms with Gasteiger partial charge in [0.25, 0.3) is 5.91 Å². The molecule has 10 nitrogen and oxygen atoms in total. The number of carbonyl (C=O) groups is 3. The lowest BCUT2D eigenvalue weighted by Gasteiger charge is -2.43. The smallest absolute Gasteiger partial charge is 0.408 e. The number of fused-ring (bicyclic) bond motifs is 1. The highest BCUT2D eigenvalue weighted by atomic mass is 16.7. The Labute approximate surface area is 315 Å². The van der Waals surface area contributed by atoms with Crippen molar-refractivity contribution in [3.8, 4) is 0 Å². The summed E-state index contributed by atoms with van der Waals surface area (Å²) in [7, 11) is 2.10. The maximum atomic E-state index is 13.5. The van der Waals surface area contributed by atoms with Gasteiger partial charge in [0.15, 0.2) is 6.29 Å². The third-order valence-electron chi connectivity index (χ3n) is 10.6. The van der Waals surface area contributed by atoms with Gasteiger partial charge in [-0.05, 0) is 65.2 Å². The Morgan fingerprint density at radius 3 is 2.37 bits per heavy atom. The molecule has 2 fully saturated rings. The molecule has 0 aliphatic carbocycles. The predicted octanol–water partition coefficient (Wildman–Crippen LogP) is 7.37. The quantitative estimate of drug-likeness (QED) is 0.136. The molecule has 6 atom stereocenters. The van der Waals surface area contributed by atoms with Gasteiger partial charge in [0.1, 0.15) is 12.6 Å². The first-order valence-corrected chi connectivity index (χ1v) is 18.3. The molecule has 2 saturated heterocycles. The molecule has 1 unspecified atom stereocenters. The number of aliphatic hydroxyl groups excluding tert-OH is 1. The topological polar surface area (TPSA) is 118 Å². The van der Waals surface area contributed by atoms with Crippen LogP contribution in [0.5, 0.6) is 0 Å². The summed E-state index contributed by atoms with van der Waals surface area (Å²) in [5.41, 5.74) is 4.77. The zero-order chi connectivity index (χ0) is 37.8. The summed E-state index contributed by atoms with van der Waals surface area (Å²) in [5.74, 6) is -1.03. The van der Waals surface area contributed by atoms with Crippen molar-refractivity contribution in [1.29, 1.82) is 0 Å². The van der Waals surface area contributed by atoms with E-state index >= 15 is 0 Å². The van der Waals surface area contributed by atoms with Crippen LogP contribution < -0.4 is 10.2 Å². The lowest BCUT2D eigenvalue weighted by molar-refractivity contribution is -0.276. The van der Waals surface area contributed by atoms with Gasteiger partial charge in [-0.1, -0.05) is 110 Å². The number of rotatable bonds is 11. The van der Waals surface area contributed by atoms with Crippen LogP contribution in [0.15, 0.2) is 121 Å². The molecular weight excluding hydrogens is 682 g/mol. The fourth-order valence-electron chi connectivity index (χ4n) is 7.23. The van der Waals surface area contributed by atoms with Gasteiger partial charge < -0.3 is 24.6 Å². The van der Waals surface area contributed by atoms with Gasteiger partial charge in [-0.25, -0.2) is 9.69 Å². The molecule has 0 saturated carbocycles. The average Bonchev–Trinajstić information content (AvgIpc) is 3.48. The minimum Gasteiger partial charge on any atom is -0.445 e. The fourth-order valence-corrected chi connectivity index (χ4v) is 7.23. The van der Waals surface area contributed by atoms with Crippen LogP contribution in [0.25, 0.3) is 10.8 Å². The summed E-state index contributed by atoms with van der Waals surface area (Å²) >= 11 is 0. The van der Waals surface area contributed by atoms with E-state index < -0.39 is 30.2 Å². The molecule has 2 aliphatic heterocycles. The second-order valence-electron chi connectivity index (χ2n) is 14.2. The number of anilines is 1. The Balaban J connectivity index is 1.09. The Hall–Kier alpha value is -5.39. The molecule has 0 bridgehead atoms. The molecule has 2 N–H and O–H groups in total. The summed E-state index contributed by atoms with van der Waals surface area (Å²) < 4.78 is 18.7. The Kier molecular flexibility index (Phi) is 11.2. The number of amides is 3. The number of aliphatic hydroxyl groups is 1. The van der Waals surface area contributed by atoms with Crippen LogP contribution >= 0.6 is 0 Å². The molecule has 54 heavy (non-hydrogen) atoms. The van der Waals surface area contributed by atoms with Gasteiger partial charge in [-0.15, -0.1) is 0 Å². The molecular formula is C44H45N3O7. The lowest BCUT2D eigenvalue weighted by atomic mass is 9.89. The maximum absolute atomic E-state index is 13.5. The second kappa shape index (κ2) is 16.3. The highest BCUT2D eigenvalue weighted by molar-refractivity contribution is 6.23. The number of ether oxygens (including phenoxy) is 3. The van der Waals surface area contributed by atoms with E-state index in [1.165, 1.54) is 16.3 Å². The molecule has 278 valence electrons. The van der Waals surface area contributed by atoms with Crippen LogP contribution in [-0.4, -0.2) is 53.7 Å². The summed E-state index contributed by atoms with van der Waals surface area (Å²) in [6, 6.07) is 37.9. The number of hydrogen-bond donors (Lipinski definition) is 2. The number of likely N-dealkylation sites (N-methyl/N-ethyl adjacent to an activating group) is 1. The molecule has 3 amide bonds. The van der Waals surface area contributed by atoms with E-state index in [0.717, 1.165) is 21.6 Å². The van der Waals surface area contributed by atoms with Crippen molar-refractivity contribution in [3.05, 3.63) is 149 Å². The van der Waals surface area contributed by atoms with E-state index in [-0.39, 0.29) is 43.8 Å². The number of imide groups is 1. The third kappa shape index (κ3) is 8.07. The zero-order valence-electron chi connectivity index (χ0n) is 30.6. The molecule has 0 radical (unpaired) electrons. The fraction of sp³-hybridized carbons (Fsp3) is 0.295. The van der Waals surface area contributed by atoms with E-state index in [2.05, 4.69) is 67.5 Å². The van der Waals surface area contributed by atoms with E-state index in [1.807, 2.05) is 66.7 Å². The van der Waals surface area contributed by atoms with Crippen molar-refractivity contribution >= 4 is 34.4 Å². The number of benzene rings is 5. The first-order chi connectivity index (χ1) is 26.2. The van der Waals surface area contributed by atoms with E-state index in [4.69, 9.17) is 14.2 Å². The third-order valence-corrected chi connectivity index (χ3v) is 10.6. The summed E-state index contributed by atoms with van der Waals surface area (Å²) in [5, 5.41) is 14.6. The molecule has 0 spiro atoms. The van der Waals surface area contributed by atoms with Crippen LogP contribution in [-0.2, 0) is 37.0 Å². The van der Waals surface area contributed by atoms with Crippen LogP contribution in [0.3, 0.4) is 0 Å². The highest BCUT2D eigenvalue weighted by Crippen LogP contribution is 2.43. The average molecular weight is 728 g/mol. The summed E-state index contributed by atoms with van der Waals surface area (Å²) in [6.07, 6.45) is -2.38. The van der Waals surface area contributed by atoms with Gasteiger partial charge in [0.05, 0.1) is 30.9 Å². The minimum absolute atomic E-state index is 0.0407. The van der Waals surface area contributed by atoms with E-state index in [0.29, 0.717) is 17.8 Å². The second-order valence-corrected chi connectivity index (χ2v) is 14.2. The number of nitrogens with zero attached hydrogens (tertiary/aromatic N) is 2. The number of alkyl carbamates (subject to hydrolysis) is 1. The number of nitrogens with one attached hydrogen (secondary N) is 1. The standard InChI is InChI=1S/C44H45N3O7/c1-28-39(25-46(3)29(2)34-21-20-32-12-7-8-13-35(32)22-34)53-43(54-41(28)33-18-16-30(26-48)17-19-33)36-14-9-15-37(23-36)47-40(49)24-38(42(47)50)45-44(51)52-27-31-10-5-4-6-11-31/h4-23,28-29,38-39,41,43,48H,24-27H2,1-3H3,(H,45,51)/t28-,29+,38?,39+,41+,43+/m0/s1. The molecule has 5 aromatic carbocycles. The predicted molar refractivity (Wildman–Crippen MR) is 205 cm³/mol. The van der Waals surface area contributed by atoms with Crippen molar-refractivity contribution in [2.24, 2.45) is 5.92 Å². The molecule has 10 heteroatoms. The molecule has 7 rings (SSSR count). The molecule has 2 aliphatic rings. The van der Waals surface area contributed by atoms with Crippen molar-refractivity contribution in [3.63, 3.8) is 0 Å². The maximum Gasteiger partial charge on any atom is 0.408 e. The SMILES string of the molecule is C[C@H]1[C@@H](CN(C)[C@H](C)c2ccc3ccccc3c2)O[C@@H](c2cccc(N3C(=O)CC(NC(=O)OCc4ccccc4)C3=O)c2)O[C@H]1c1ccc(CO)cc1. The van der Waals surface area contributed by atoms with Gasteiger partial charge in [-0.3, -0.25) is 14.5 Å². The number of hydrogen-bond acceptors (Lipinski definition) is 8. The van der Waals surface area contributed by atoms with E-state index in [1.54, 1.807) is 18.2 Å². The Morgan fingerprint density at radius 2 is 1.61 bits per heavy atom. The lowest BCUT2D eigenvalue weighted by Crippen LogP contribution is -2.44. The zero-order valence-corrected chi connectivity index (χ0v) is 30.6. The van der Waals surface area contributed by atoms with Crippen LogP contribution in [0, 0.1) is 5.92 Å².